The highest BCUT2D eigenvalue weighted by molar-refractivity contribution is 5.97. The molecule has 0 aliphatic carbocycles. The molecule has 1 heteroatoms. The van der Waals surface area contributed by atoms with Crippen molar-refractivity contribution in [2.75, 3.05) is 0 Å². The number of rotatable bonds is 4. The first-order chi connectivity index (χ1) is 6.77. The molecule has 74 valence electrons. The minimum Gasteiger partial charge on any atom is -0.294 e. The van der Waals surface area contributed by atoms with Crippen LogP contribution in [0.4, 0.5) is 0 Å². The minimum absolute atomic E-state index is 0.209. The summed E-state index contributed by atoms with van der Waals surface area (Å²) in [6, 6.07) is 9.45. The van der Waals surface area contributed by atoms with E-state index in [1.54, 1.807) is 0 Å². The summed E-state index contributed by atoms with van der Waals surface area (Å²) in [7, 11) is 0. The Balaban J connectivity index is 2.68. The number of benzene rings is 1. The Morgan fingerprint density at radius 3 is 2.43 bits per heavy atom. The fourth-order valence-corrected chi connectivity index (χ4v) is 1.36. The van der Waals surface area contributed by atoms with Crippen LogP contribution in [0.1, 0.15) is 37.0 Å². The van der Waals surface area contributed by atoms with Gasteiger partial charge in [0.2, 0.25) is 0 Å². The Morgan fingerprint density at radius 1 is 1.29 bits per heavy atom. The molecule has 0 radical (unpaired) electrons. The van der Waals surface area contributed by atoms with Crippen molar-refractivity contribution in [2.24, 2.45) is 0 Å². The molecular weight excluding hydrogens is 172 g/mol. The maximum atomic E-state index is 11.7. The predicted molar refractivity (Wildman–Crippen MR) is 59.4 cm³/mol. The van der Waals surface area contributed by atoms with Crippen molar-refractivity contribution < 1.29 is 4.79 Å². The first-order valence-corrected chi connectivity index (χ1v) is 5.00. The van der Waals surface area contributed by atoms with E-state index in [4.69, 9.17) is 0 Å². The topological polar surface area (TPSA) is 17.1 Å². The Bertz CT molecular complexity index is 322. The highest BCUT2D eigenvalue weighted by Gasteiger charge is 2.06. The number of hydrogen-bond donors (Lipinski definition) is 0. The lowest BCUT2D eigenvalue weighted by molar-refractivity contribution is 0.0992. The molecule has 1 aromatic rings. The van der Waals surface area contributed by atoms with Crippen LogP contribution in [-0.2, 0) is 0 Å². The molecule has 14 heavy (non-hydrogen) atoms. The van der Waals surface area contributed by atoms with Crippen molar-refractivity contribution >= 4 is 5.78 Å². The number of Topliss-reactive ketones (excluding diaryl/α,β-unsaturated/α-hetero) is 1. The zero-order valence-electron chi connectivity index (χ0n) is 8.79. The molecule has 0 spiro atoms. The van der Waals surface area contributed by atoms with E-state index in [1.165, 1.54) is 5.57 Å². The van der Waals surface area contributed by atoms with E-state index in [9.17, 15) is 4.79 Å². The van der Waals surface area contributed by atoms with Gasteiger partial charge in [-0.05, 0) is 13.3 Å². The molecule has 0 amide bonds. The van der Waals surface area contributed by atoms with Gasteiger partial charge in [-0.25, -0.2) is 0 Å². The second-order valence-electron chi connectivity index (χ2n) is 3.27. The molecule has 1 rings (SSSR count). The van der Waals surface area contributed by atoms with Gasteiger partial charge in [-0.1, -0.05) is 48.9 Å². The fraction of sp³-hybridized carbons (Fsp3) is 0.308. The van der Waals surface area contributed by atoms with Crippen LogP contribution in [0.3, 0.4) is 0 Å². The highest BCUT2D eigenvalue weighted by Crippen LogP contribution is 2.11. The highest BCUT2D eigenvalue weighted by atomic mass is 16.1. The molecule has 0 heterocycles. The van der Waals surface area contributed by atoms with Gasteiger partial charge >= 0.3 is 0 Å². The number of allylic oxidation sites excluding steroid dienone is 2. The van der Waals surface area contributed by atoms with Gasteiger partial charge in [0.05, 0.1) is 0 Å². The normalized spacial score (nSPS) is 11.4. The minimum atomic E-state index is 0.209. The lowest BCUT2D eigenvalue weighted by Gasteiger charge is -2.02. The fourth-order valence-electron chi connectivity index (χ4n) is 1.36. The average molecular weight is 188 g/mol. The van der Waals surface area contributed by atoms with Crippen molar-refractivity contribution in [3.05, 3.63) is 47.5 Å². The molecule has 0 saturated heterocycles. The van der Waals surface area contributed by atoms with Crippen LogP contribution < -0.4 is 0 Å². The molecule has 0 fully saturated rings. The zero-order valence-corrected chi connectivity index (χ0v) is 8.79. The zero-order chi connectivity index (χ0) is 10.4. The smallest absolute Gasteiger partial charge is 0.166 e. The predicted octanol–water partition coefficient (Wildman–Crippen LogP) is 3.62. The molecule has 0 aliphatic rings. The summed E-state index contributed by atoms with van der Waals surface area (Å²) in [6.45, 7) is 4.06. The molecule has 0 atom stereocenters. The number of carbonyl (C=O) groups excluding carboxylic acids is 1. The third-order valence-electron chi connectivity index (χ3n) is 2.35. The third kappa shape index (κ3) is 2.84. The van der Waals surface area contributed by atoms with Crippen LogP contribution in [0, 0.1) is 0 Å². The van der Waals surface area contributed by atoms with Gasteiger partial charge in [0.25, 0.3) is 0 Å². The largest absolute Gasteiger partial charge is 0.294 e. The van der Waals surface area contributed by atoms with Crippen molar-refractivity contribution in [1.82, 2.24) is 0 Å². The molecule has 1 aromatic carbocycles. The van der Waals surface area contributed by atoms with E-state index in [0.717, 1.165) is 12.0 Å². The maximum Gasteiger partial charge on any atom is 0.166 e. The molecule has 0 aliphatic heterocycles. The average Bonchev–Trinajstić information content (AvgIpc) is 2.26. The van der Waals surface area contributed by atoms with E-state index < -0.39 is 0 Å². The van der Waals surface area contributed by atoms with Gasteiger partial charge in [-0.3, -0.25) is 4.79 Å². The third-order valence-corrected chi connectivity index (χ3v) is 2.35. The van der Waals surface area contributed by atoms with Crippen LogP contribution in [0.15, 0.2) is 42.0 Å². The summed E-state index contributed by atoms with van der Waals surface area (Å²) in [6.07, 6.45) is 3.53. The van der Waals surface area contributed by atoms with Crippen LogP contribution >= 0.6 is 0 Å². The van der Waals surface area contributed by atoms with E-state index in [0.29, 0.717) is 6.42 Å². The first kappa shape index (κ1) is 10.7. The van der Waals surface area contributed by atoms with Crippen molar-refractivity contribution in [3.8, 4) is 0 Å². The van der Waals surface area contributed by atoms with E-state index in [-0.39, 0.29) is 5.78 Å². The molecular formula is C13H16O. The van der Waals surface area contributed by atoms with Crippen LogP contribution in [-0.4, -0.2) is 5.78 Å². The summed E-state index contributed by atoms with van der Waals surface area (Å²) in [4.78, 5) is 11.7. The van der Waals surface area contributed by atoms with Gasteiger partial charge in [0.1, 0.15) is 0 Å². The van der Waals surface area contributed by atoms with Gasteiger partial charge in [0.15, 0.2) is 5.78 Å². The van der Waals surface area contributed by atoms with Crippen molar-refractivity contribution in [2.45, 2.75) is 26.7 Å². The number of ketones is 1. The SMILES string of the molecule is C/C=C(\CC)CC(=O)c1ccccc1. The Morgan fingerprint density at radius 2 is 1.93 bits per heavy atom. The summed E-state index contributed by atoms with van der Waals surface area (Å²) in [5.41, 5.74) is 2.01. The van der Waals surface area contributed by atoms with E-state index in [1.807, 2.05) is 43.3 Å². The van der Waals surface area contributed by atoms with Gasteiger partial charge in [-0.15, -0.1) is 0 Å². The van der Waals surface area contributed by atoms with Crippen LogP contribution in [0.25, 0.3) is 0 Å². The monoisotopic (exact) mass is 188 g/mol. The molecule has 0 N–H and O–H groups in total. The van der Waals surface area contributed by atoms with Crippen molar-refractivity contribution in [3.63, 3.8) is 0 Å². The molecule has 1 nitrogen and oxygen atoms in total. The van der Waals surface area contributed by atoms with E-state index >= 15 is 0 Å². The lowest BCUT2D eigenvalue weighted by atomic mass is 10.0. The first-order valence-electron chi connectivity index (χ1n) is 5.00. The molecule has 0 bridgehead atoms. The van der Waals surface area contributed by atoms with E-state index in [2.05, 4.69) is 6.92 Å². The second-order valence-corrected chi connectivity index (χ2v) is 3.27. The summed E-state index contributed by atoms with van der Waals surface area (Å²) >= 11 is 0. The molecule has 0 unspecified atom stereocenters. The Kier molecular flexibility index (Phi) is 4.11. The van der Waals surface area contributed by atoms with Crippen LogP contribution in [0.2, 0.25) is 0 Å². The lowest BCUT2D eigenvalue weighted by Crippen LogP contribution is -1.99. The van der Waals surface area contributed by atoms with Gasteiger partial charge in [-0.2, -0.15) is 0 Å². The summed E-state index contributed by atoms with van der Waals surface area (Å²) in [5, 5.41) is 0. The molecule has 0 saturated carbocycles. The van der Waals surface area contributed by atoms with Crippen LogP contribution in [0.5, 0.6) is 0 Å². The van der Waals surface area contributed by atoms with Gasteiger partial charge in [0, 0.05) is 12.0 Å². The Labute approximate surface area is 85.5 Å². The van der Waals surface area contributed by atoms with Gasteiger partial charge < -0.3 is 0 Å². The van der Waals surface area contributed by atoms with Crippen molar-refractivity contribution in [1.29, 1.82) is 0 Å². The number of hydrogen-bond acceptors (Lipinski definition) is 1. The maximum absolute atomic E-state index is 11.7. The standard InChI is InChI=1S/C13H16O/c1-3-11(4-2)10-13(14)12-8-6-5-7-9-12/h3,5-9H,4,10H2,1-2H3/b11-3+. The Hall–Kier alpha value is -1.37. The molecule has 0 aromatic heterocycles. The number of carbonyl (C=O) groups is 1. The quantitative estimate of drug-likeness (QED) is 0.521. The summed E-state index contributed by atoms with van der Waals surface area (Å²) in [5.74, 6) is 0.209. The second kappa shape index (κ2) is 5.38. The summed E-state index contributed by atoms with van der Waals surface area (Å²) < 4.78 is 0.